The van der Waals surface area contributed by atoms with Gasteiger partial charge in [0.15, 0.2) is 5.69 Å². The highest BCUT2D eigenvalue weighted by molar-refractivity contribution is 6.31. The zero-order valence-electron chi connectivity index (χ0n) is 24.5. The van der Waals surface area contributed by atoms with E-state index in [1.54, 1.807) is 24.4 Å². The minimum Gasteiger partial charge on any atom is -0.489 e. The number of hydrogen-bond donors (Lipinski definition) is 1. The van der Waals surface area contributed by atoms with E-state index in [1.165, 1.54) is 6.54 Å². The number of ether oxygens (including phenoxy) is 1. The van der Waals surface area contributed by atoms with Gasteiger partial charge in [0.05, 0.1) is 29.0 Å². The van der Waals surface area contributed by atoms with Crippen LogP contribution >= 0.6 is 11.6 Å². The minimum atomic E-state index is -0.323. The van der Waals surface area contributed by atoms with Crippen molar-refractivity contribution in [1.82, 2.24) is 25.1 Å². The number of amides is 1. The fraction of sp³-hybridized carbons (Fsp3) is 0.613. The number of carbonyl (C=O) groups is 1. The summed E-state index contributed by atoms with van der Waals surface area (Å²) in [6, 6.07) is 7.19. The molecule has 1 amide bonds. The Balaban J connectivity index is 1.11. The molecular formula is C31H40ClN7O2. The normalized spacial score (nSPS) is 25.9. The molecule has 1 aromatic carbocycles. The Bertz CT molecular complexity index is 1340. The summed E-state index contributed by atoms with van der Waals surface area (Å²) < 4.78 is 6.44. The first-order valence-electron chi connectivity index (χ1n) is 14.8. The van der Waals surface area contributed by atoms with Crippen LogP contribution in [0.25, 0.3) is 0 Å². The molecule has 1 N–H and O–H groups in total. The van der Waals surface area contributed by atoms with Gasteiger partial charge in [-0.3, -0.25) is 4.79 Å². The highest BCUT2D eigenvalue weighted by Gasteiger charge is 2.67. The highest BCUT2D eigenvalue weighted by atomic mass is 35.5. The third-order valence-corrected chi connectivity index (χ3v) is 9.98. The fourth-order valence-electron chi connectivity index (χ4n) is 8.05. The number of rotatable bonds is 6. The molecule has 4 heterocycles. The number of nitriles is 1. The van der Waals surface area contributed by atoms with E-state index in [2.05, 4.69) is 53.9 Å². The lowest BCUT2D eigenvalue weighted by molar-refractivity contribution is -0.199. The quantitative estimate of drug-likeness (QED) is 0.551. The van der Waals surface area contributed by atoms with Crippen molar-refractivity contribution >= 4 is 23.3 Å². The first kappa shape index (κ1) is 28.2. The van der Waals surface area contributed by atoms with Crippen LogP contribution in [0.15, 0.2) is 24.4 Å². The molecule has 6 rings (SSSR count). The second kappa shape index (κ2) is 10.7. The summed E-state index contributed by atoms with van der Waals surface area (Å²) in [5.41, 5.74) is 1.01. The van der Waals surface area contributed by atoms with E-state index in [0.29, 0.717) is 28.6 Å². The lowest BCUT2D eigenvalue weighted by Crippen LogP contribution is -2.74. The Morgan fingerprint density at radius 3 is 2.49 bits per heavy atom. The number of aromatic nitrogens is 2. The van der Waals surface area contributed by atoms with Gasteiger partial charge in [0.2, 0.25) is 0 Å². The highest BCUT2D eigenvalue weighted by Crippen LogP contribution is 2.59. The van der Waals surface area contributed by atoms with Crippen molar-refractivity contribution in [2.45, 2.75) is 59.2 Å². The number of hydrogen-bond acceptors (Lipinski definition) is 8. The Kier molecular flexibility index (Phi) is 7.37. The molecule has 9 nitrogen and oxygen atoms in total. The van der Waals surface area contributed by atoms with Crippen LogP contribution in [0, 0.1) is 28.1 Å². The van der Waals surface area contributed by atoms with Crippen LogP contribution in [0.2, 0.25) is 5.02 Å². The van der Waals surface area contributed by atoms with Crippen LogP contribution in [0.4, 0.5) is 5.82 Å². The zero-order valence-corrected chi connectivity index (χ0v) is 25.2. The second-order valence-electron chi connectivity index (χ2n) is 13.2. The van der Waals surface area contributed by atoms with E-state index >= 15 is 0 Å². The van der Waals surface area contributed by atoms with Crippen molar-refractivity contribution < 1.29 is 9.53 Å². The predicted molar refractivity (Wildman–Crippen MR) is 158 cm³/mol. The van der Waals surface area contributed by atoms with E-state index in [1.807, 2.05) is 4.90 Å². The number of nitrogens with one attached hydrogen (secondary N) is 1. The van der Waals surface area contributed by atoms with Gasteiger partial charge in [0.1, 0.15) is 23.7 Å². The van der Waals surface area contributed by atoms with E-state index in [-0.39, 0.29) is 28.9 Å². The molecule has 3 aliphatic heterocycles. The largest absolute Gasteiger partial charge is 0.489 e. The molecule has 41 heavy (non-hydrogen) atoms. The topological polar surface area (TPSA) is 97.6 Å². The molecule has 0 atom stereocenters. The Hall–Kier alpha value is -2.93. The molecule has 2 saturated heterocycles. The van der Waals surface area contributed by atoms with Crippen LogP contribution in [-0.2, 0) is 6.54 Å². The third-order valence-electron chi connectivity index (χ3n) is 9.67. The first-order chi connectivity index (χ1) is 19.6. The van der Waals surface area contributed by atoms with E-state index < -0.39 is 0 Å². The number of fused-ring (bicyclic) bond motifs is 1. The van der Waals surface area contributed by atoms with Gasteiger partial charge in [-0.2, -0.15) is 5.26 Å². The fourth-order valence-corrected chi connectivity index (χ4v) is 8.26. The molecule has 0 spiro atoms. The molecule has 3 fully saturated rings. The monoisotopic (exact) mass is 577 g/mol. The molecule has 10 heteroatoms. The Morgan fingerprint density at radius 1 is 1.12 bits per heavy atom. The molecular weight excluding hydrogens is 538 g/mol. The number of halogens is 1. The number of carbonyl (C=O) groups excluding carboxylic acids is 1. The average Bonchev–Trinajstić information content (AvgIpc) is 3.26. The summed E-state index contributed by atoms with van der Waals surface area (Å²) in [6.07, 6.45) is 3.95. The van der Waals surface area contributed by atoms with E-state index in [9.17, 15) is 10.1 Å². The summed E-state index contributed by atoms with van der Waals surface area (Å²) >= 11 is 6.26. The second-order valence-corrected chi connectivity index (χ2v) is 13.6. The van der Waals surface area contributed by atoms with Gasteiger partial charge < -0.3 is 24.8 Å². The molecule has 1 aliphatic carbocycles. The molecule has 218 valence electrons. The number of benzene rings is 1. The lowest BCUT2D eigenvalue weighted by atomic mass is 9.49. The van der Waals surface area contributed by atoms with Crippen molar-refractivity contribution in [3.63, 3.8) is 0 Å². The molecule has 0 unspecified atom stereocenters. The third kappa shape index (κ3) is 5.04. The number of anilines is 1. The molecule has 1 saturated carbocycles. The summed E-state index contributed by atoms with van der Waals surface area (Å²) in [7, 11) is 0. The smallest absolute Gasteiger partial charge is 0.275 e. The van der Waals surface area contributed by atoms with Crippen molar-refractivity contribution in [3.05, 3.63) is 46.4 Å². The number of nitrogens with zero attached hydrogens (tertiary/aromatic N) is 6. The van der Waals surface area contributed by atoms with Crippen molar-refractivity contribution in [3.8, 4) is 11.8 Å². The van der Waals surface area contributed by atoms with E-state index in [0.717, 1.165) is 69.5 Å². The van der Waals surface area contributed by atoms with E-state index in [4.69, 9.17) is 21.3 Å². The summed E-state index contributed by atoms with van der Waals surface area (Å²) in [5, 5.41) is 13.0. The zero-order chi connectivity index (χ0) is 28.9. The van der Waals surface area contributed by atoms with Crippen LogP contribution in [0.1, 0.15) is 62.3 Å². The Morgan fingerprint density at radius 2 is 1.83 bits per heavy atom. The van der Waals surface area contributed by atoms with Gasteiger partial charge >= 0.3 is 0 Å². The molecule has 4 aliphatic rings. The molecule has 1 aromatic heterocycles. The van der Waals surface area contributed by atoms with Gasteiger partial charge in [-0.1, -0.05) is 39.3 Å². The average molecular weight is 578 g/mol. The van der Waals surface area contributed by atoms with Crippen LogP contribution in [0.3, 0.4) is 0 Å². The first-order valence-corrected chi connectivity index (χ1v) is 15.2. The van der Waals surface area contributed by atoms with Crippen molar-refractivity contribution in [2.24, 2.45) is 16.7 Å². The van der Waals surface area contributed by atoms with Gasteiger partial charge in [-0.25, -0.2) is 9.97 Å². The van der Waals surface area contributed by atoms with Gasteiger partial charge in [-0.15, -0.1) is 0 Å². The predicted octanol–water partition coefficient (Wildman–Crippen LogP) is 3.96. The van der Waals surface area contributed by atoms with Gasteiger partial charge in [0.25, 0.3) is 5.91 Å². The summed E-state index contributed by atoms with van der Waals surface area (Å²) in [6.45, 7) is 16.6. The molecule has 2 aromatic rings. The minimum absolute atomic E-state index is 0.0541. The van der Waals surface area contributed by atoms with Crippen LogP contribution in [-0.4, -0.2) is 83.6 Å². The summed E-state index contributed by atoms with van der Waals surface area (Å²) in [5.74, 6) is 2.17. The maximum Gasteiger partial charge on any atom is 0.275 e. The standard InChI is InChI=1S/C31H40ClN7O2/c1-30(2)28(31(3,4)29(30)41-22-6-5-21(16-33)23(32)15-22)39-19-24-26(27(39)40)35-17-25(36-24)38-11-7-20(8-12-38)18-37-13-9-34-10-14-37/h5-6,15,17,20,28-29,34H,7-14,18-19H2,1-4H3. The molecule has 0 radical (unpaired) electrons. The van der Waals surface area contributed by atoms with Gasteiger partial charge in [-0.05, 0) is 30.9 Å². The lowest BCUT2D eigenvalue weighted by Gasteiger charge is -2.65. The van der Waals surface area contributed by atoms with Gasteiger partial charge in [0, 0.05) is 68.8 Å². The summed E-state index contributed by atoms with van der Waals surface area (Å²) in [4.78, 5) is 30.1. The van der Waals surface area contributed by atoms with Crippen LogP contribution in [0.5, 0.6) is 5.75 Å². The molecule has 0 bridgehead atoms. The van der Waals surface area contributed by atoms with Crippen molar-refractivity contribution in [2.75, 3.05) is 50.7 Å². The number of piperidine rings is 1. The maximum absolute atomic E-state index is 13.6. The number of piperazine rings is 1. The SMILES string of the molecule is CC1(C)C(Oc2ccc(C#N)c(Cl)c2)C(C)(C)C1N1Cc2nc(N3CCC(CN4CCNCC4)CC3)cnc2C1=O. The van der Waals surface area contributed by atoms with Crippen molar-refractivity contribution in [1.29, 1.82) is 5.26 Å². The Labute approximate surface area is 247 Å². The maximum atomic E-state index is 13.6. The van der Waals surface area contributed by atoms with Crippen LogP contribution < -0.4 is 15.0 Å².